The first-order valence-corrected chi connectivity index (χ1v) is 8.77. The zero-order valence-electron chi connectivity index (χ0n) is 13.9. The van der Waals surface area contributed by atoms with Gasteiger partial charge in [0.05, 0.1) is 15.9 Å². The lowest BCUT2D eigenvalue weighted by Crippen LogP contribution is -2.11. The molecule has 2 N–H and O–H groups in total. The smallest absolute Gasteiger partial charge is 0.273 e. The quantitative estimate of drug-likeness (QED) is 0.546. The van der Waals surface area contributed by atoms with Gasteiger partial charge >= 0.3 is 0 Å². The van der Waals surface area contributed by atoms with Crippen LogP contribution >= 0.6 is 11.3 Å². The van der Waals surface area contributed by atoms with E-state index in [1.165, 1.54) is 17.4 Å². The highest BCUT2D eigenvalue weighted by Gasteiger charge is 2.13. The van der Waals surface area contributed by atoms with Gasteiger partial charge in [0.2, 0.25) is 0 Å². The van der Waals surface area contributed by atoms with Crippen molar-refractivity contribution in [1.82, 2.24) is 9.97 Å². The minimum Gasteiger partial charge on any atom is -0.357 e. The van der Waals surface area contributed by atoms with Crippen LogP contribution in [-0.2, 0) is 0 Å². The lowest BCUT2D eigenvalue weighted by molar-refractivity contribution is 0.102. The first kappa shape index (κ1) is 16.3. The number of amides is 1. The fourth-order valence-corrected chi connectivity index (χ4v) is 3.57. The Hall–Kier alpha value is -3.19. The topological polar surface area (TPSA) is 61.0 Å². The Morgan fingerprint density at radius 3 is 2.81 bits per heavy atom. The van der Waals surface area contributed by atoms with Crippen LogP contribution in [0, 0.1) is 5.82 Å². The molecule has 4 aromatic rings. The molecule has 1 amide bonds. The van der Waals surface area contributed by atoms with Crippen molar-refractivity contribution in [1.29, 1.82) is 0 Å². The zero-order valence-corrected chi connectivity index (χ0v) is 14.7. The minimum atomic E-state index is -0.279. The predicted octanol–water partition coefficient (Wildman–Crippen LogP) is 4.78. The molecule has 0 radical (unpaired) electrons. The normalized spacial score (nSPS) is 10.8. The van der Waals surface area contributed by atoms with Crippen LogP contribution in [0.3, 0.4) is 0 Å². The molecule has 0 aliphatic carbocycles. The molecule has 2 aromatic carbocycles. The zero-order chi connectivity index (χ0) is 18.1. The lowest BCUT2D eigenvalue weighted by Gasteiger charge is -2.19. The number of aromatic nitrogens is 2. The minimum absolute atomic E-state index is 0.238. The van der Waals surface area contributed by atoms with Gasteiger partial charge in [-0.05, 0) is 42.5 Å². The Kier molecular flexibility index (Phi) is 4.14. The largest absolute Gasteiger partial charge is 0.357 e. The van der Waals surface area contributed by atoms with E-state index in [2.05, 4.69) is 15.3 Å². The second-order valence-electron chi connectivity index (χ2n) is 5.72. The number of anilines is 3. The molecule has 2 heterocycles. The highest BCUT2D eigenvalue weighted by atomic mass is 32.1. The second kappa shape index (κ2) is 6.61. The number of para-hydroxylation sites is 1. The maximum Gasteiger partial charge on any atom is 0.273 e. The third-order valence-electron chi connectivity index (χ3n) is 4.04. The number of aromatic amines is 1. The maximum atomic E-state index is 14.0. The average Bonchev–Trinajstić information content (AvgIpc) is 3.30. The molecule has 0 spiro atoms. The van der Waals surface area contributed by atoms with Crippen LogP contribution in [0.1, 0.15) is 10.5 Å². The molecule has 0 atom stereocenters. The summed E-state index contributed by atoms with van der Waals surface area (Å²) in [5.74, 6) is -0.518. The Labute approximate surface area is 153 Å². The van der Waals surface area contributed by atoms with E-state index in [9.17, 15) is 9.18 Å². The number of nitrogens with zero attached hydrogens (tertiary/aromatic N) is 2. The summed E-state index contributed by atoms with van der Waals surface area (Å²) in [6.07, 6.45) is 1.69. The molecule has 0 aliphatic heterocycles. The number of carbonyl (C=O) groups excluding carboxylic acids is 1. The van der Waals surface area contributed by atoms with Gasteiger partial charge in [0.1, 0.15) is 11.5 Å². The fourth-order valence-electron chi connectivity index (χ4n) is 2.67. The van der Waals surface area contributed by atoms with Gasteiger partial charge in [0.25, 0.3) is 5.91 Å². The van der Waals surface area contributed by atoms with Crippen LogP contribution in [0.4, 0.5) is 20.9 Å². The van der Waals surface area contributed by atoms with Crippen LogP contribution in [-0.4, -0.2) is 22.9 Å². The molecule has 0 bridgehead atoms. The molecule has 0 saturated carbocycles. The van der Waals surface area contributed by atoms with Crippen molar-refractivity contribution in [2.45, 2.75) is 0 Å². The molecule has 26 heavy (non-hydrogen) atoms. The summed E-state index contributed by atoms with van der Waals surface area (Å²) in [6.45, 7) is 0. The number of thiazole rings is 1. The van der Waals surface area contributed by atoms with E-state index in [1.54, 1.807) is 41.4 Å². The molecule has 4 rings (SSSR count). The van der Waals surface area contributed by atoms with E-state index in [0.717, 1.165) is 15.9 Å². The number of benzene rings is 2. The first-order valence-electron chi connectivity index (χ1n) is 7.95. The van der Waals surface area contributed by atoms with Crippen molar-refractivity contribution < 1.29 is 9.18 Å². The summed E-state index contributed by atoms with van der Waals surface area (Å²) in [5, 5.41) is 3.31. The van der Waals surface area contributed by atoms with E-state index in [-0.39, 0.29) is 11.7 Å². The van der Waals surface area contributed by atoms with Crippen LogP contribution in [0.25, 0.3) is 10.2 Å². The number of hydrogen-bond donors (Lipinski definition) is 2. The molecule has 2 aromatic heterocycles. The van der Waals surface area contributed by atoms with E-state index < -0.39 is 0 Å². The van der Waals surface area contributed by atoms with Crippen molar-refractivity contribution in [3.63, 3.8) is 0 Å². The van der Waals surface area contributed by atoms with Gasteiger partial charge < -0.3 is 9.88 Å². The molecule has 5 nitrogen and oxygen atoms in total. The van der Waals surface area contributed by atoms with Gasteiger partial charge in [-0.3, -0.25) is 10.1 Å². The van der Waals surface area contributed by atoms with Gasteiger partial charge in [-0.15, -0.1) is 0 Å². The second-order valence-corrected chi connectivity index (χ2v) is 6.75. The molecular weight excluding hydrogens is 351 g/mol. The number of nitrogens with one attached hydrogen (secondary N) is 2. The third-order valence-corrected chi connectivity index (χ3v) is 4.97. The molecule has 7 heteroatoms. The molecule has 0 aliphatic rings. The van der Waals surface area contributed by atoms with Crippen LogP contribution in [0.2, 0.25) is 0 Å². The van der Waals surface area contributed by atoms with Crippen molar-refractivity contribution in [3.05, 3.63) is 72.3 Å². The van der Waals surface area contributed by atoms with Gasteiger partial charge in [-0.1, -0.05) is 23.5 Å². The van der Waals surface area contributed by atoms with Gasteiger partial charge in [0, 0.05) is 18.9 Å². The van der Waals surface area contributed by atoms with Crippen molar-refractivity contribution in [3.8, 4) is 0 Å². The number of rotatable bonds is 4. The summed E-state index contributed by atoms with van der Waals surface area (Å²) in [5.41, 5.74) is 2.59. The van der Waals surface area contributed by atoms with E-state index >= 15 is 0 Å². The summed E-state index contributed by atoms with van der Waals surface area (Å²) in [7, 11) is 1.81. The van der Waals surface area contributed by atoms with E-state index in [1.807, 2.05) is 25.2 Å². The van der Waals surface area contributed by atoms with Gasteiger partial charge in [-0.2, -0.15) is 0 Å². The Morgan fingerprint density at radius 1 is 1.19 bits per heavy atom. The predicted molar refractivity (Wildman–Crippen MR) is 103 cm³/mol. The van der Waals surface area contributed by atoms with Crippen LogP contribution in [0.15, 0.2) is 60.8 Å². The number of halogens is 1. The fraction of sp³-hybridized carbons (Fsp3) is 0.0526. The number of fused-ring (bicyclic) bond motifs is 1. The summed E-state index contributed by atoms with van der Waals surface area (Å²) in [6, 6.07) is 15.8. The average molecular weight is 366 g/mol. The molecule has 0 fully saturated rings. The standard InChI is InChI=1S/C19H15FN4OS/c1-24(16-7-3-2-5-13(16)20)12-8-9-14-17(11-12)26-19(22-14)23-18(25)15-6-4-10-21-15/h2-11,21H,1H3,(H,22,23,25). The van der Waals surface area contributed by atoms with Crippen molar-refractivity contribution in [2.24, 2.45) is 0 Å². The Morgan fingerprint density at radius 2 is 2.04 bits per heavy atom. The Balaban J connectivity index is 1.62. The number of H-pyrrole nitrogens is 1. The van der Waals surface area contributed by atoms with Crippen LogP contribution in [0.5, 0.6) is 0 Å². The molecule has 0 unspecified atom stereocenters. The number of carbonyl (C=O) groups is 1. The summed E-state index contributed by atoms with van der Waals surface area (Å²) < 4.78 is 14.9. The molecular formula is C19H15FN4OS. The summed E-state index contributed by atoms with van der Waals surface area (Å²) in [4.78, 5) is 21.2. The summed E-state index contributed by atoms with van der Waals surface area (Å²) >= 11 is 1.38. The maximum absolute atomic E-state index is 14.0. The monoisotopic (exact) mass is 366 g/mol. The van der Waals surface area contributed by atoms with E-state index in [0.29, 0.717) is 16.5 Å². The molecule has 130 valence electrons. The highest BCUT2D eigenvalue weighted by molar-refractivity contribution is 7.22. The lowest BCUT2D eigenvalue weighted by atomic mass is 10.2. The van der Waals surface area contributed by atoms with E-state index in [4.69, 9.17) is 0 Å². The number of hydrogen-bond acceptors (Lipinski definition) is 4. The SMILES string of the molecule is CN(c1ccc2nc(NC(=O)c3ccc[nH]3)sc2c1)c1ccccc1F. The van der Waals surface area contributed by atoms with Crippen molar-refractivity contribution in [2.75, 3.05) is 17.3 Å². The highest BCUT2D eigenvalue weighted by Crippen LogP contribution is 2.32. The molecule has 0 saturated heterocycles. The van der Waals surface area contributed by atoms with Gasteiger partial charge in [-0.25, -0.2) is 9.37 Å². The first-order chi connectivity index (χ1) is 12.6. The van der Waals surface area contributed by atoms with Crippen LogP contribution < -0.4 is 10.2 Å². The van der Waals surface area contributed by atoms with Gasteiger partial charge in [0.15, 0.2) is 5.13 Å². The third kappa shape index (κ3) is 3.04. The Bertz CT molecular complexity index is 1070. The van der Waals surface area contributed by atoms with Crippen molar-refractivity contribution >= 4 is 44.0 Å².